The van der Waals surface area contributed by atoms with E-state index in [1.165, 1.54) is 6.07 Å². The fourth-order valence-corrected chi connectivity index (χ4v) is 2.76. The topological polar surface area (TPSA) is 21.3 Å². The maximum Gasteiger partial charge on any atom is 0.166 e. The molecule has 0 bridgehead atoms. The Bertz CT molecular complexity index is 466. The Hall–Kier alpha value is -0.610. The van der Waals surface area contributed by atoms with Gasteiger partial charge in [0, 0.05) is 10.0 Å². The zero-order valence-corrected chi connectivity index (χ0v) is 14.0. The molecule has 20 heavy (non-hydrogen) atoms. The third-order valence-electron chi connectivity index (χ3n) is 3.72. The van der Waals surface area contributed by atoms with Gasteiger partial charge in [0.25, 0.3) is 0 Å². The number of ether oxygens (including phenoxy) is 1. The molecule has 0 aliphatic heterocycles. The normalized spacial score (nSPS) is 17.6. The first-order valence-electron chi connectivity index (χ1n) is 7.19. The number of rotatable bonds is 5. The van der Waals surface area contributed by atoms with Crippen molar-refractivity contribution in [3.8, 4) is 5.75 Å². The highest BCUT2D eigenvalue weighted by molar-refractivity contribution is 9.10. The van der Waals surface area contributed by atoms with Gasteiger partial charge < -0.3 is 10.1 Å². The van der Waals surface area contributed by atoms with Crippen LogP contribution in [0.2, 0.25) is 0 Å². The molecule has 0 unspecified atom stereocenters. The van der Waals surface area contributed by atoms with E-state index in [1.807, 2.05) is 6.07 Å². The van der Waals surface area contributed by atoms with Gasteiger partial charge in [-0.15, -0.1) is 0 Å². The van der Waals surface area contributed by atoms with E-state index in [1.54, 1.807) is 6.07 Å². The van der Waals surface area contributed by atoms with Crippen LogP contribution < -0.4 is 10.1 Å². The lowest BCUT2D eigenvalue weighted by Gasteiger charge is -2.42. The summed E-state index contributed by atoms with van der Waals surface area (Å²) in [5.74, 6) is 0.0677. The van der Waals surface area contributed by atoms with E-state index >= 15 is 0 Å². The molecule has 1 aliphatic carbocycles. The van der Waals surface area contributed by atoms with Gasteiger partial charge in [-0.05, 0) is 71.2 Å². The summed E-state index contributed by atoms with van der Waals surface area (Å²) in [7, 11) is 0. The average molecular weight is 344 g/mol. The van der Waals surface area contributed by atoms with E-state index in [-0.39, 0.29) is 17.0 Å². The molecule has 1 fully saturated rings. The van der Waals surface area contributed by atoms with Crippen molar-refractivity contribution in [2.45, 2.75) is 57.6 Å². The first-order chi connectivity index (χ1) is 9.30. The Morgan fingerprint density at radius 2 is 2.05 bits per heavy atom. The zero-order chi connectivity index (χ0) is 14.8. The smallest absolute Gasteiger partial charge is 0.166 e. The van der Waals surface area contributed by atoms with Gasteiger partial charge in [0.1, 0.15) is 5.60 Å². The minimum Gasteiger partial charge on any atom is -0.484 e. The molecular formula is C16H23BrFNO. The second kappa shape index (κ2) is 6.02. The van der Waals surface area contributed by atoms with Crippen LogP contribution >= 0.6 is 15.9 Å². The van der Waals surface area contributed by atoms with Gasteiger partial charge >= 0.3 is 0 Å². The van der Waals surface area contributed by atoms with Gasteiger partial charge in [-0.3, -0.25) is 0 Å². The molecule has 0 heterocycles. The summed E-state index contributed by atoms with van der Waals surface area (Å²) in [6, 6.07) is 4.98. The van der Waals surface area contributed by atoms with Crippen molar-refractivity contribution in [2.75, 3.05) is 6.54 Å². The summed E-state index contributed by atoms with van der Waals surface area (Å²) in [4.78, 5) is 0. The maximum atomic E-state index is 13.9. The molecule has 0 radical (unpaired) electrons. The Morgan fingerprint density at radius 1 is 1.35 bits per heavy atom. The van der Waals surface area contributed by atoms with Crippen LogP contribution in [-0.4, -0.2) is 17.7 Å². The molecule has 0 spiro atoms. The molecule has 0 saturated heterocycles. The SMILES string of the molecule is CC(C)(C)NCCC1(Oc2ccc(Br)cc2F)CCC1. The van der Waals surface area contributed by atoms with Gasteiger partial charge in [0.05, 0.1) is 0 Å². The number of nitrogens with one attached hydrogen (secondary N) is 1. The summed E-state index contributed by atoms with van der Waals surface area (Å²) in [5, 5.41) is 3.47. The van der Waals surface area contributed by atoms with E-state index in [0.29, 0.717) is 5.75 Å². The molecule has 1 aromatic carbocycles. The molecule has 2 rings (SSSR count). The summed E-state index contributed by atoms with van der Waals surface area (Å²) in [6.45, 7) is 7.34. The van der Waals surface area contributed by atoms with Crippen LogP contribution in [0.3, 0.4) is 0 Å². The van der Waals surface area contributed by atoms with E-state index in [2.05, 4.69) is 42.0 Å². The highest BCUT2D eigenvalue weighted by Gasteiger charge is 2.39. The largest absolute Gasteiger partial charge is 0.484 e. The second-order valence-electron chi connectivity index (χ2n) is 6.64. The van der Waals surface area contributed by atoms with Crippen molar-refractivity contribution in [3.63, 3.8) is 0 Å². The predicted octanol–water partition coefficient (Wildman–Crippen LogP) is 4.67. The first kappa shape index (κ1) is 15.8. The zero-order valence-electron chi connectivity index (χ0n) is 12.4. The lowest BCUT2D eigenvalue weighted by atomic mass is 9.77. The molecule has 2 nitrogen and oxygen atoms in total. The molecule has 1 aliphatic rings. The van der Waals surface area contributed by atoms with E-state index in [9.17, 15) is 4.39 Å². The highest BCUT2D eigenvalue weighted by Crippen LogP contribution is 2.40. The van der Waals surface area contributed by atoms with Gasteiger partial charge in [0.2, 0.25) is 0 Å². The number of hydrogen-bond donors (Lipinski definition) is 1. The third kappa shape index (κ3) is 4.19. The van der Waals surface area contributed by atoms with E-state index < -0.39 is 0 Å². The summed E-state index contributed by atoms with van der Waals surface area (Å²) in [5.41, 5.74) is -0.0826. The quantitative estimate of drug-likeness (QED) is 0.838. The van der Waals surface area contributed by atoms with Crippen molar-refractivity contribution in [1.82, 2.24) is 5.32 Å². The molecule has 1 aromatic rings. The van der Waals surface area contributed by atoms with Crippen LogP contribution in [0.1, 0.15) is 46.5 Å². The van der Waals surface area contributed by atoms with Crippen molar-refractivity contribution in [2.24, 2.45) is 0 Å². The number of benzene rings is 1. The fourth-order valence-electron chi connectivity index (χ4n) is 2.43. The second-order valence-corrected chi connectivity index (χ2v) is 7.56. The Balaban J connectivity index is 1.97. The minimum absolute atomic E-state index is 0.105. The van der Waals surface area contributed by atoms with Gasteiger partial charge in [-0.1, -0.05) is 15.9 Å². The van der Waals surface area contributed by atoms with Crippen molar-refractivity contribution >= 4 is 15.9 Å². The molecule has 0 amide bonds. The average Bonchev–Trinajstić information content (AvgIpc) is 2.27. The standard InChI is InChI=1S/C16H23BrFNO/c1-15(2,3)19-10-9-16(7-4-8-16)20-14-6-5-12(17)11-13(14)18/h5-6,11,19H,4,7-10H2,1-3H3. The first-order valence-corrected chi connectivity index (χ1v) is 7.98. The van der Waals surface area contributed by atoms with Crippen molar-refractivity contribution in [1.29, 1.82) is 0 Å². The van der Waals surface area contributed by atoms with Gasteiger partial charge in [0.15, 0.2) is 11.6 Å². The minimum atomic E-state index is -0.297. The molecule has 1 saturated carbocycles. The molecular weight excluding hydrogens is 321 g/mol. The summed E-state index contributed by atoms with van der Waals surface area (Å²) < 4.78 is 20.6. The Labute approximate surface area is 129 Å². The van der Waals surface area contributed by atoms with Gasteiger partial charge in [-0.25, -0.2) is 4.39 Å². The summed E-state index contributed by atoms with van der Waals surface area (Å²) in [6.07, 6.45) is 4.09. The number of halogens is 2. The Morgan fingerprint density at radius 3 is 2.55 bits per heavy atom. The predicted molar refractivity (Wildman–Crippen MR) is 83.7 cm³/mol. The maximum absolute atomic E-state index is 13.9. The van der Waals surface area contributed by atoms with Crippen LogP contribution in [0.15, 0.2) is 22.7 Å². The van der Waals surface area contributed by atoms with Crippen LogP contribution in [-0.2, 0) is 0 Å². The summed E-state index contributed by atoms with van der Waals surface area (Å²) >= 11 is 3.27. The van der Waals surface area contributed by atoms with E-state index in [4.69, 9.17) is 4.74 Å². The van der Waals surface area contributed by atoms with Crippen LogP contribution in [0.4, 0.5) is 4.39 Å². The molecule has 112 valence electrons. The van der Waals surface area contributed by atoms with Crippen LogP contribution in [0, 0.1) is 5.82 Å². The van der Waals surface area contributed by atoms with Crippen LogP contribution in [0.5, 0.6) is 5.75 Å². The third-order valence-corrected chi connectivity index (χ3v) is 4.21. The van der Waals surface area contributed by atoms with E-state index in [0.717, 1.165) is 36.7 Å². The molecule has 1 N–H and O–H groups in total. The van der Waals surface area contributed by atoms with Gasteiger partial charge in [-0.2, -0.15) is 0 Å². The fraction of sp³-hybridized carbons (Fsp3) is 0.625. The highest BCUT2D eigenvalue weighted by atomic mass is 79.9. The molecule has 0 atom stereocenters. The number of hydrogen-bond acceptors (Lipinski definition) is 2. The Kier molecular flexibility index (Phi) is 4.75. The molecule has 0 aromatic heterocycles. The monoisotopic (exact) mass is 343 g/mol. The lowest BCUT2D eigenvalue weighted by molar-refractivity contribution is -0.0181. The lowest BCUT2D eigenvalue weighted by Crippen LogP contribution is -2.47. The molecule has 4 heteroatoms. The van der Waals surface area contributed by atoms with Crippen LogP contribution in [0.25, 0.3) is 0 Å². The van der Waals surface area contributed by atoms with Crippen molar-refractivity contribution in [3.05, 3.63) is 28.5 Å². The van der Waals surface area contributed by atoms with Crippen molar-refractivity contribution < 1.29 is 9.13 Å².